The first kappa shape index (κ1) is 21.3. The van der Waals surface area contributed by atoms with E-state index >= 15 is 0 Å². The molecule has 0 aromatic heterocycles. The molecule has 3 fully saturated rings. The highest BCUT2D eigenvalue weighted by molar-refractivity contribution is 5.96. The summed E-state index contributed by atoms with van der Waals surface area (Å²) in [6.07, 6.45) is 7.34. The van der Waals surface area contributed by atoms with Crippen molar-refractivity contribution in [2.75, 3.05) is 0 Å². The topological polar surface area (TPSA) is 97.7 Å². The largest absolute Gasteiger partial charge is 0.481 e. The van der Waals surface area contributed by atoms with Gasteiger partial charge in [0.1, 0.15) is 11.9 Å². The van der Waals surface area contributed by atoms with Gasteiger partial charge < -0.3 is 9.84 Å². The van der Waals surface area contributed by atoms with E-state index in [9.17, 15) is 19.2 Å². The standard InChI is InChI=1S/C24H32O6/c1-23-10-8-15(30-21(29)5-3-4-20(27)28)12-14(23)13-18(25)22-16-6-7-19(26)24(16,2)11-9-17(22)23/h13,15-17,22H,3-12H2,1-2H3,(H,27,28)/t15-,16-,17-,22-,23-,24-/m0/s1. The van der Waals surface area contributed by atoms with Crippen LogP contribution in [0.2, 0.25) is 0 Å². The number of carboxylic acid groups (broad SMARTS) is 1. The van der Waals surface area contributed by atoms with Crippen molar-refractivity contribution in [3.63, 3.8) is 0 Å². The first-order valence-corrected chi connectivity index (χ1v) is 11.3. The molecule has 0 heterocycles. The van der Waals surface area contributed by atoms with Gasteiger partial charge in [-0.25, -0.2) is 0 Å². The number of ketones is 2. The average Bonchev–Trinajstić information content (AvgIpc) is 2.98. The fraction of sp³-hybridized carbons (Fsp3) is 0.750. The van der Waals surface area contributed by atoms with Gasteiger partial charge >= 0.3 is 11.9 Å². The summed E-state index contributed by atoms with van der Waals surface area (Å²) in [5.41, 5.74) is 0.690. The maximum Gasteiger partial charge on any atom is 0.306 e. The molecule has 4 aliphatic carbocycles. The second-order valence-corrected chi connectivity index (χ2v) is 10.2. The lowest BCUT2D eigenvalue weighted by molar-refractivity contribution is -0.152. The molecule has 0 bridgehead atoms. The van der Waals surface area contributed by atoms with Crippen molar-refractivity contribution in [3.05, 3.63) is 11.6 Å². The fourth-order valence-electron chi connectivity index (χ4n) is 6.87. The lowest BCUT2D eigenvalue weighted by atomic mass is 9.48. The third kappa shape index (κ3) is 3.42. The van der Waals surface area contributed by atoms with Gasteiger partial charge in [-0.3, -0.25) is 19.2 Å². The van der Waals surface area contributed by atoms with Gasteiger partial charge in [0.25, 0.3) is 0 Å². The first-order valence-electron chi connectivity index (χ1n) is 11.3. The van der Waals surface area contributed by atoms with Crippen molar-refractivity contribution < 1.29 is 29.0 Å². The maximum atomic E-state index is 13.2. The van der Waals surface area contributed by atoms with Crippen molar-refractivity contribution in [1.82, 2.24) is 0 Å². The van der Waals surface area contributed by atoms with Crippen LogP contribution < -0.4 is 0 Å². The number of carboxylic acids is 1. The Labute approximate surface area is 177 Å². The number of carbonyl (C=O) groups is 4. The normalized spacial score (nSPS) is 40.1. The highest BCUT2D eigenvalue weighted by Crippen LogP contribution is 2.63. The van der Waals surface area contributed by atoms with Crippen LogP contribution in [-0.4, -0.2) is 34.7 Å². The van der Waals surface area contributed by atoms with Gasteiger partial charge in [0.2, 0.25) is 0 Å². The van der Waals surface area contributed by atoms with Gasteiger partial charge in [0.05, 0.1) is 0 Å². The van der Waals surface area contributed by atoms with Crippen molar-refractivity contribution in [1.29, 1.82) is 0 Å². The van der Waals surface area contributed by atoms with E-state index in [0.717, 1.165) is 37.7 Å². The highest BCUT2D eigenvalue weighted by atomic mass is 16.5. The van der Waals surface area contributed by atoms with Crippen LogP contribution in [0.15, 0.2) is 11.6 Å². The Hall–Kier alpha value is -1.98. The van der Waals surface area contributed by atoms with Gasteiger partial charge in [0.15, 0.2) is 5.78 Å². The van der Waals surface area contributed by atoms with Gasteiger partial charge in [-0.15, -0.1) is 0 Å². The summed E-state index contributed by atoms with van der Waals surface area (Å²) in [6.45, 7) is 4.33. The van der Waals surface area contributed by atoms with E-state index in [1.165, 1.54) is 0 Å². The van der Waals surface area contributed by atoms with Gasteiger partial charge in [-0.1, -0.05) is 19.4 Å². The van der Waals surface area contributed by atoms with E-state index in [2.05, 4.69) is 13.8 Å². The Morgan fingerprint density at radius 2 is 1.77 bits per heavy atom. The van der Waals surface area contributed by atoms with Crippen LogP contribution in [0.1, 0.15) is 78.1 Å². The van der Waals surface area contributed by atoms with Gasteiger partial charge in [-0.2, -0.15) is 0 Å². The monoisotopic (exact) mass is 416 g/mol. The minimum atomic E-state index is -0.913. The second kappa shape index (κ2) is 7.61. The molecule has 0 radical (unpaired) electrons. The molecule has 0 unspecified atom stereocenters. The number of allylic oxidation sites excluding steroid dienone is 1. The molecule has 30 heavy (non-hydrogen) atoms. The summed E-state index contributed by atoms with van der Waals surface area (Å²) in [4.78, 5) is 48.4. The molecule has 4 aliphatic rings. The number of ether oxygens (including phenoxy) is 1. The zero-order valence-corrected chi connectivity index (χ0v) is 17.9. The number of esters is 1. The van der Waals surface area contributed by atoms with Gasteiger partial charge in [-0.05, 0) is 61.9 Å². The summed E-state index contributed by atoms with van der Waals surface area (Å²) in [7, 11) is 0. The lowest BCUT2D eigenvalue weighted by Crippen LogP contribution is -2.53. The molecule has 6 nitrogen and oxygen atoms in total. The maximum absolute atomic E-state index is 13.2. The van der Waals surface area contributed by atoms with Crippen LogP contribution in [0.5, 0.6) is 0 Å². The highest BCUT2D eigenvalue weighted by Gasteiger charge is 2.61. The average molecular weight is 417 g/mol. The first-order chi connectivity index (χ1) is 14.1. The van der Waals surface area contributed by atoms with Gasteiger partial charge in [0, 0.05) is 37.0 Å². The van der Waals surface area contributed by atoms with Crippen LogP contribution in [0.25, 0.3) is 0 Å². The number of rotatable bonds is 5. The molecular formula is C24H32O6. The number of Topliss-reactive ketones (excluding diaryl/α,β-unsaturated/α-hetero) is 1. The van der Waals surface area contributed by atoms with E-state index in [1.807, 2.05) is 0 Å². The summed E-state index contributed by atoms with van der Waals surface area (Å²) >= 11 is 0. The minimum absolute atomic E-state index is 0.0385. The Bertz CT molecular complexity index is 813. The summed E-state index contributed by atoms with van der Waals surface area (Å²) < 4.78 is 5.61. The Balaban J connectivity index is 1.47. The summed E-state index contributed by atoms with van der Waals surface area (Å²) in [5, 5.41) is 8.70. The van der Waals surface area contributed by atoms with Crippen molar-refractivity contribution >= 4 is 23.5 Å². The molecule has 1 N–H and O–H groups in total. The van der Waals surface area contributed by atoms with Crippen molar-refractivity contribution in [2.45, 2.75) is 84.2 Å². The van der Waals surface area contributed by atoms with E-state index < -0.39 is 5.97 Å². The molecule has 6 atom stereocenters. The predicted molar refractivity (Wildman–Crippen MR) is 108 cm³/mol. The number of hydrogen-bond donors (Lipinski definition) is 1. The molecule has 0 spiro atoms. The summed E-state index contributed by atoms with van der Waals surface area (Å²) in [6, 6.07) is 0. The molecule has 0 amide bonds. The van der Waals surface area contributed by atoms with Crippen LogP contribution in [-0.2, 0) is 23.9 Å². The summed E-state index contributed by atoms with van der Waals surface area (Å²) in [5.74, 6) is -0.410. The van der Waals surface area contributed by atoms with E-state index in [0.29, 0.717) is 18.6 Å². The van der Waals surface area contributed by atoms with E-state index in [4.69, 9.17) is 9.84 Å². The number of aliphatic carboxylic acids is 1. The zero-order chi connectivity index (χ0) is 21.7. The third-order valence-corrected chi connectivity index (χ3v) is 8.68. The fourth-order valence-corrected chi connectivity index (χ4v) is 6.87. The molecule has 4 rings (SSSR count). The Kier molecular flexibility index (Phi) is 5.39. The Morgan fingerprint density at radius 3 is 2.50 bits per heavy atom. The smallest absolute Gasteiger partial charge is 0.306 e. The molecule has 0 saturated heterocycles. The zero-order valence-electron chi connectivity index (χ0n) is 17.9. The van der Waals surface area contributed by atoms with Crippen molar-refractivity contribution in [2.24, 2.45) is 28.6 Å². The molecule has 164 valence electrons. The molecule has 6 heteroatoms. The van der Waals surface area contributed by atoms with E-state index in [-0.39, 0.29) is 65.7 Å². The van der Waals surface area contributed by atoms with Crippen LogP contribution in [0.4, 0.5) is 0 Å². The van der Waals surface area contributed by atoms with Crippen LogP contribution in [0.3, 0.4) is 0 Å². The van der Waals surface area contributed by atoms with Crippen LogP contribution in [0, 0.1) is 28.6 Å². The molecule has 3 saturated carbocycles. The Morgan fingerprint density at radius 1 is 1.07 bits per heavy atom. The SMILES string of the molecule is C[C@]12CC[C@H](OC(=O)CCCC(=O)O)CC1=CC(=O)[C@@H]1[C@@H]2CC[C@]2(C)C(=O)CC[C@@H]12. The minimum Gasteiger partial charge on any atom is -0.481 e. The number of hydrogen-bond acceptors (Lipinski definition) is 5. The molecule has 0 aromatic rings. The van der Waals surface area contributed by atoms with Crippen molar-refractivity contribution in [3.8, 4) is 0 Å². The molecule has 0 aromatic carbocycles. The predicted octanol–water partition coefficient (Wildman–Crippen LogP) is 3.86. The quantitative estimate of drug-likeness (QED) is 0.684. The second-order valence-electron chi connectivity index (χ2n) is 10.2. The lowest BCUT2D eigenvalue weighted by Gasteiger charge is -2.56. The van der Waals surface area contributed by atoms with Crippen LogP contribution >= 0.6 is 0 Å². The van der Waals surface area contributed by atoms with E-state index in [1.54, 1.807) is 6.08 Å². The number of carbonyl (C=O) groups excluding carboxylic acids is 3. The third-order valence-electron chi connectivity index (χ3n) is 8.68. The molecule has 0 aliphatic heterocycles. The number of fused-ring (bicyclic) bond motifs is 5. The molecular weight excluding hydrogens is 384 g/mol.